The smallest absolute Gasteiger partial charge is 0.373 e. The Hall–Kier alpha value is -1.01. The SMILES string of the molecule is CC1COC(CCl)CN1c1ccc(C(F)(F)F)cc1F. The minimum absolute atomic E-state index is 0.124. The lowest BCUT2D eigenvalue weighted by Crippen LogP contribution is -2.49. The number of benzene rings is 1. The highest BCUT2D eigenvalue weighted by Crippen LogP contribution is 2.33. The quantitative estimate of drug-likeness (QED) is 0.610. The molecule has 0 saturated carbocycles. The summed E-state index contributed by atoms with van der Waals surface area (Å²) in [4.78, 5) is 1.69. The van der Waals surface area contributed by atoms with E-state index in [1.54, 1.807) is 4.90 Å². The molecule has 0 aromatic heterocycles. The molecule has 1 saturated heterocycles. The van der Waals surface area contributed by atoms with Gasteiger partial charge in [0.1, 0.15) is 5.82 Å². The van der Waals surface area contributed by atoms with Gasteiger partial charge in [0.2, 0.25) is 0 Å². The lowest BCUT2D eigenvalue weighted by Gasteiger charge is -2.39. The maximum atomic E-state index is 14.0. The van der Waals surface area contributed by atoms with Gasteiger partial charge in [0.05, 0.1) is 29.8 Å². The van der Waals surface area contributed by atoms with E-state index in [9.17, 15) is 17.6 Å². The summed E-state index contributed by atoms with van der Waals surface area (Å²) in [5.74, 6) is -0.632. The molecular weight excluding hydrogens is 298 g/mol. The van der Waals surface area contributed by atoms with Crippen LogP contribution in [0.5, 0.6) is 0 Å². The van der Waals surface area contributed by atoms with Gasteiger partial charge in [-0.15, -0.1) is 11.6 Å². The molecule has 1 aliphatic heterocycles. The zero-order valence-electron chi connectivity index (χ0n) is 10.8. The van der Waals surface area contributed by atoms with Crippen molar-refractivity contribution in [1.29, 1.82) is 0 Å². The van der Waals surface area contributed by atoms with E-state index in [0.717, 1.165) is 12.1 Å². The molecule has 1 fully saturated rings. The van der Waals surface area contributed by atoms with Crippen molar-refractivity contribution in [2.24, 2.45) is 0 Å². The van der Waals surface area contributed by atoms with Gasteiger partial charge < -0.3 is 9.64 Å². The van der Waals surface area contributed by atoms with Crippen molar-refractivity contribution in [3.8, 4) is 0 Å². The molecule has 0 aliphatic carbocycles. The monoisotopic (exact) mass is 311 g/mol. The predicted octanol–water partition coefficient (Wildman–Crippen LogP) is 3.68. The summed E-state index contributed by atoms with van der Waals surface area (Å²) in [6.45, 7) is 2.53. The van der Waals surface area contributed by atoms with E-state index in [0.29, 0.717) is 19.2 Å². The predicted molar refractivity (Wildman–Crippen MR) is 68.7 cm³/mol. The maximum Gasteiger partial charge on any atom is 0.416 e. The highest BCUT2D eigenvalue weighted by molar-refractivity contribution is 6.18. The zero-order valence-corrected chi connectivity index (χ0v) is 11.5. The fraction of sp³-hybridized carbons (Fsp3) is 0.538. The molecule has 0 N–H and O–H groups in total. The van der Waals surface area contributed by atoms with Crippen molar-refractivity contribution in [3.63, 3.8) is 0 Å². The minimum Gasteiger partial charge on any atom is -0.373 e. The van der Waals surface area contributed by atoms with Crippen molar-refractivity contribution in [3.05, 3.63) is 29.6 Å². The molecule has 1 heterocycles. The fourth-order valence-corrected chi connectivity index (χ4v) is 2.35. The summed E-state index contributed by atoms with van der Waals surface area (Å²) < 4.78 is 56.9. The number of nitrogens with zero attached hydrogens (tertiary/aromatic N) is 1. The van der Waals surface area contributed by atoms with Crippen molar-refractivity contribution >= 4 is 17.3 Å². The Labute approximate surface area is 119 Å². The molecule has 2 atom stereocenters. The summed E-state index contributed by atoms with van der Waals surface area (Å²) in [5, 5.41) is 0. The molecule has 0 spiro atoms. The van der Waals surface area contributed by atoms with Crippen LogP contribution in [0, 0.1) is 5.82 Å². The Bertz CT molecular complexity index is 480. The summed E-state index contributed by atoms with van der Waals surface area (Å²) >= 11 is 5.71. The summed E-state index contributed by atoms with van der Waals surface area (Å²) in [7, 11) is 0. The number of alkyl halides is 4. The molecule has 0 radical (unpaired) electrons. The van der Waals surface area contributed by atoms with Gasteiger partial charge in [-0.2, -0.15) is 13.2 Å². The molecule has 1 aromatic carbocycles. The molecule has 0 bridgehead atoms. The third-order valence-electron chi connectivity index (χ3n) is 3.26. The molecule has 20 heavy (non-hydrogen) atoms. The van der Waals surface area contributed by atoms with Crippen LogP contribution in [-0.4, -0.2) is 31.2 Å². The molecular formula is C13H14ClF4NO. The van der Waals surface area contributed by atoms with E-state index in [2.05, 4.69) is 0 Å². The second-order valence-electron chi connectivity index (χ2n) is 4.77. The van der Waals surface area contributed by atoms with Crippen LogP contribution in [-0.2, 0) is 10.9 Å². The third kappa shape index (κ3) is 3.17. The van der Waals surface area contributed by atoms with Gasteiger partial charge in [0.25, 0.3) is 0 Å². The first kappa shape index (κ1) is 15.4. The maximum absolute atomic E-state index is 14.0. The molecule has 1 aromatic rings. The van der Waals surface area contributed by atoms with Crippen LogP contribution in [0.25, 0.3) is 0 Å². The van der Waals surface area contributed by atoms with Crippen molar-refractivity contribution in [2.75, 3.05) is 23.9 Å². The average Bonchev–Trinajstić information content (AvgIpc) is 2.38. The van der Waals surface area contributed by atoms with E-state index in [1.165, 1.54) is 0 Å². The number of anilines is 1. The van der Waals surface area contributed by atoms with Crippen LogP contribution in [0.15, 0.2) is 18.2 Å². The number of morpholine rings is 1. The number of hydrogen-bond acceptors (Lipinski definition) is 2. The summed E-state index contributed by atoms with van der Waals surface area (Å²) in [6.07, 6.45) is -4.80. The Morgan fingerprint density at radius 2 is 2.10 bits per heavy atom. The van der Waals surface area contributed by atoms with Gasteiger partial charge in [-0.3, -0.25) is 0 Å². The van der Waals surface area contributed by atoms with Gasteiger partial charge in [-0.1, -0.05) is 0 Å². The first-order valence-electron chi connectivity index (χ1n) is 6.14. The second kappa shape index (κ2) is 5.77. The zero-order chi connectivity index (χ0) is 14.9. The summed E-state index contributed by atoms with van der Waals surface area (Å²) in [5.41, 5.74) is -0.850. The lowest BCUT2D eigenvalue weighted by atomic mass is 10.1. The van der Waals surface area contributed by atoms with Crippen LogP contribution in [0.2, 0.25) is 0 Å². The lowest BCUT2D eigenvalue weighted by molar-refractivity contribution is -0.137. The average molecular weight is 312 g/mol. The topological polar surface area (TPSA) is 12.5 Å². The van der Waals surface area contributed by atoms with Crippen LogP contribution >= 0.6 is 11.6 Å². The van der Waals surface area contributed by atoms with E-state index >= 15 is 0 Å². The van der Waals surface area contributed by atoms with Gasteiger partial charge >= 0.3 is 6.18 Å². The van der Waals surface area contributed by atoms with Crippen LogP contribution in [0.1, 0.15) is 12.5 Å². The van der Waals surface area contributed by atoms with Gasteiger partial charge in [-0.05, 0) is 25.1 Å². The summed E-state index contributed by atoms with van der Waals surface area (Å²) in [6, 6.07) is 2.44. The Kier molecular flexibility index (Phi) is 4.44. The number of halogens is 5. The first-order chi connectivity index (χ1) is 9.32. The Balaban J connectivity index is 2.28. The van der Waals surface area contributed by atoms with Crippen molar-refractivity contribution in [2.45, 2.75) is 25.2 Å². The molecule has 2 nitrogen and oxygen atoms in total. The van der Waals surface area contributed by atoms with Gasteiger partial charge in [0.15, 0.2) is 0 Å². The van der Waals surface area contributed by atoms with Crippen LogP contribution < -0.4 is 4.90 Å². The molecule has 0 amide bonds. The normalized spacial score (nSPS) is 24.0. The highest BCUT2D eigenvalue weighted by Gasteiger charge is 2.33. The number of ether oxygens (including phenoxy) is 1. The largest absolute Gasteiger partial charge is 0.416 e. The molecule has 2 rings (SSSR count). The molecule has 2 unspecified atom stereocenters. The Morgan fingerprint density at radius 3 is 2.65 bits per heavy atom. The van der Waals surface area contributed by atoms with E-state index < -0.39 is 17.6 Å². The Morgan fingerprint density at radius 1 is 1.40 bits per heavy atom. The molecule has 112 valence electrons. The van der Waals surface area contributed by atoms with E-state index in [1.807, 2.05) is 6.92 Å². The minimum atomic E-state index is -4.55. The van der Waals surface area contributed by atoms with Gasteiger partial charge in [-0.25, -0.2) is 4.39 Å². The van der Waals surface area contributed by atoms with E-state index in [4.69, 9.17) is 16.3 Å². The molecule has 7 heteroatoms. The third-order valence-corrected chi connectivity index (χ3v) is 3.61. The van der Waals surface area contributed by atoms with Crippen LogP contribution in [0.4, 0.5) is 23.2 Å². The fourth-order valence-electron chi connectivity index (χ4n) is 2.16. The number of hydrogen-bond donors (Lipinski definition) is 0. The van der Waals surface area contributed by atoms with Crippen molar-refractivity contribution < 1.29 is 22.3 Å². The van der Waals surface area contributed by atoms with Crippen molar-refractivity contribution in [1.82, 2.24) is 0 Å². The second-order valence-corrected chi connectivity index (χ2v) is 5.08. The van der Waals surface area contributed by atoms with Gasteiger partial charge in [0, 0.05) is 12.6 Å². The molecule has 1 aliphatic rings. The van der Waals surface area contributed by atoms with E-state index in [-0.39, 0.29) is 23.7 Å². The number of rotatable bonds is 2. The van der Waals surface area contributed by atoms with Crippen LogP contribution in [0.3, 0.4) is 0 Å². The first-order valence-corrected chi connectivity index (χ1v) is 6.67. The standard InChI is InChI=1S/C13H14ClF4NO/c1-8-7-20-10(5-14)6-19(8)12-3-2-9(4-11(12)15)13(16,17)18/h2-4,8,10H,5-7H2,1H3. The highest BCUT2D eigenvalue weighted by atomic mass is 35.5.